The van der Waals surface area contributed by atoms with Crippen LogP contribution in [0.25, 0.3) is 0 Å². The van der Waals surface area contributed by atoms with Gasteiger partial charge in [-0.2, -0.15) is 15.1 Å². The van der Waals surface area contributed by atoms with Gasteiger partial charge < -0.3 is 14.4 Å². The molecule has 0 atom stereocenters. The molecule has 162 valence electrons. The van der Waals surface area contributed by atoms with E-state index in [0.717, 1.165) is 57.3 Å². The van der Waals surface area contributed by atoms with Gasteiger partial charge in [-0.15, -0.1) is 0 Å². The standard InChI is InChI=1S/C22H32N6O2/c1-4-28(5-2)20-16-21(30-14-11-27-9-12-29-13-10-27)25-22(24-20)26-23-17-19-8-6-7-18(3)15-19/h6-8,15-17H,4-5,9-14H2,1-3H3,(H,24,25,26)/b23-17+. The number of rotatable bonds is 10. The minimum atomic E-state index is 0.421. The molecule has 1 aliphatic rings. The van der Waals surface area contributed by atoms with Gasteiger partial charge in [0.05, 0.1) is 19.4 Å². The first kappa shape index (κ1) is 22.0. The molecule has 1 aromatic carbocycles. The largest absolute Gasteiger partial charge is 0.476 e. The van der Waals surface area contributed by atoms with Crippen molar-refractivity contribution in [1.82, 2.24) is 14.9 Å². The lowest BCUT2D eigenvalue weighted by Gasteiger charge is -2.26. The fourth-order valence-corrected chi connectivity index (χ4v) is 3.27. The molecule has 0 radical (unpaired) electrons. The van der Waals surface area contributed by atoms with Gasteiger partial charge in [-0.25, -0.2) is 5.43 Å². The zero-order valence-electron chi connectivity index (χ0n) is 18.2. The van der Waals surface area contributed by atoms with Crippen molar-refractivity contribution in [3.63, 3.8) is 0 Å². The Balaban J connectivity index is 1.67. The Bertz CT molecular complexity index is 819. The summed E-state index contributed by atoms with van der Waals surface area (Å²) >= 11 is 0. The number of hydrogen-bond acceptors (Lipinski definition) is 8. The van der Waals surface area contributed by atoms with E-state index in [-0.39, 0.29) is 0 Å². The second kappa shape index (κ2) is 11.5. The fourth-order valence-electron chi connectivity index (χ4n) is 3.27. The average Bonchev–Trinajstić information content (AvgIpc) is 2.75. The molecule has 2 heterocycles. The number of ether oxygens (including phenoxy) is 2. The summed E-state index contributed by atoms with van der Waals surface area (Å²) in [5.74, 6) is 1.79. The number of hydrazone groups is 1. The van der Waals surface area contributed by atoms with Crippen LogP contribution in [0.4, 0.5) is 11.8 Å². The van der Waals surface area contributed by atoms with Gasteiger partial charge in [0.2, 0.25) is 11.8 Å². The van der Waals surface area contributed by atoms with Crippen molar-refractivity contribution in [3.05, 3.63) is 41.5 Å². The SMILES string of the molecule is CCN(CC)c1cc(OCCN2CCOCC2)nc(N/N=C/c2cccc(C)c2)n1. The van der Waals surface area contributed by atoms with Gasteiger partial charge in [-0.05, 0) is 26.3 Å². The van der Waals surface area contributed by atoms with E-state index in [9.17, 15) is 0 Å². The van der Waals surface area contributed by atoms with E-state index in [4.69, 9.17) is 9.47 Å². The smallest absolute Gasteiger partial charge is 0.248 e. The second-order valence-corrected chi connectivity index (χ2v) is 7.15. The Morgan fingerprint density at radius 1 is 1.20 bits per heavy atom. The van der Waals surface area contributed by atoms with Gasteiger partial charge in [-0.1, -0.05) is 29.8 Å². The lowest BCUT2D eigenvalue weighted by Crippen LogP contribution is -2.38. The van der Waals surface area contributed by atoms with Crippen LogP contribution >= 0.6 is 0 Å². The molecule has 30 heavy (non-hydrogen) atoms. The molecular formula is C22H32N6O2. The molecule has 8 heteroatoms. The van der Waals surface area contributed by atoms with E-state index in [1.165, 1.54) is 5.56 Å². The van der Waals surface area contributed by atoms with Crippen molar-refractivity contribution in [1.29, 1.82) is 0 Å². The normalized spacial score (nSPS) is 14.8. The number of hydrogen-bond donors (Lipinski definition) is 1. The van der Waals surface area contributed by atoms with Gasteiger partial charge in [-0.3, -0.25) is 4.90 Å². The minimum Gasteiger partial charge on any atom is -0.476 e. The molecule has 0 aliphatic carbocycles. The number of aromatic nitrogens is 2. The predicted octanol–water partition coefficient (Wildman–Crippen LogP) is 2.79. The van der Waals surface area contributed by atoms with Crippen LogP contribution in [-0.2, 0) is 4.74 Å². The quantitative estimate of drug-likeness (QED) is 0.475. The Labute approximate surface area is 178 Å². The summed E-state index contributed by atoms with van der Waals surface area (Å²) in [5, 5.41) is 4.30. The number of nitrogens with one attached hydrogen (secondary N) is 1. The molecule has 1 aliphatic heterocycles. The van der Waals surface area contributed by atoms with E-state index >= 15 is 0 Å². The number of nitrogens with zero attached hydrogens (tertiary/aromatic N) is 5. The number of anilines is 2. The zero-order valence-corrected chi connectivity index (χ0v) is 18.2. The highest BCUT2D eigenvalue weighted by molar-refractivity contribution is 5.80. The van der Waals surface area contributed by atoms with E-state index in [1.807, 2.05) is 18.2 Å². The van der Waals surface area contributed by atoms with Crippen molar-refractivity contribution in [2.24, 2.45) is 5.10 Å². The van der Waals surface area contributed by atoms with Crippen molar-refractivity contribution in [3.8, 4) is 5.88 Å². The first-order valence-corrected chi connectivity index (χ1v) is 10.6. The summed E-state index contributed by atoms with van der Waals surface area (Å²) in [6.45, 7) is 12.8. The first-order valence-electron chi connectivity index (χ1n) is 10.6. The Kier molecular flexibility index (Phi) is 8.41. The lowest BCUT2D eigenvalue weighted by molar-refractivity contribution is 0.0320. The predicted molar refractivity (Wildman–Crippen MR) is 121 cm³/mol. The Hall–Kier alpha value is -2.71. The molecule has 0 amide bonds. The summed E-state index contributed by atoms with van der Waals surface area (Å²) in [5.41, 5.74) is 5.16. The van der Waals surface area contributed by atoms with Gasteiger partial charge in [0, 0.05) is 38.8 Å². The maximum Gasteiger partial charge on any atom is 0.248 e. The van der Waals surface area contributed by atoms with Crippen LogP contribution in [0, 0.1) is 6.92 Å². The van der Waals surface area contributed by atoms with Gasteiger partial charge in [0.25, 0.3) is 0 Å². The third kappa shape index (κ3) is 6.67. The van der Waals surface area contributed by atoms with Crippen LogP contribution < -0.4 is 15.1 Å². The molecule has 0 unspecified atom stereocenters. The third-order valence-electron chi connectivity index (χ3n) is 4.96. The Morgan fingerprint density at radius 2 is 2.00 bits per heavy atom. The topological polar surface area (TPSA) is 75.1 Å². The molecule has 3 rings (SSSR count). The Morgan fingerprint density at radius 3 is 2.73 bits per heavy atom. The van der Waals surface area contributed by atoms with Gasteiger partial charge >= 0.3 is 0 Å². The zero-order chi connectivity index (χ0) is 21.2. The molecule has 0 spiro atoms. The second-order valence-electron chi connectivity index (χ2n) is 7.15. The van der Waals surface area contributed by atoms with Crippen LogP contribution in [-0.4, -0.2) is 73.6 Å². The molecule has 1 aromatic heterocycles. The third-order valence-corrected chi connectivity index (χ3v) is 4.96. The maximum atomic E-state index is 5.96. The average molecular weight is 413 g/mol. The summed E-state index contributed by atoms with van der Waals surface area (Å²) in [6.07, 6.45) is 1.76. The summed E-state index contributed by atoms with van der Waals surface area (Å²) in [7, 11) is 0. The van der Waals surface area contributed by atoms with Crippen LogP contribution in [0.3, 0.4) is 0 Å². The lowest BCUT2D eigenvalue weighted by atomic mass is 10.2. The first-order chi connectivity index (χ1) is 14.7. The van der Waals surface area contributed by atoms with E-state index in [2.05, 4.69) is 63.2 Å². The number of morpholine rings is 1. The summed E-state index contributed by atoms with van der Waals surface area (Å²) in [4.78, 5) is 13.6. The highest BCUT2D eigenvalue weighted by atomic mass is 16.5. The van der Waals surface area contributed by atoms with E-state index in [0.29, 0.717) is 18.4 Å². The highest BCUT2D eigenvalue weighted by Gasteiger charge is 2.12. The molecule has 2 aromatic rings. The van der Waals surface area contributed by atoms with Crippen molar-refractivity contribution >= 4 is 18.0 Å². The molecule has 0 bridgehead atoms. The number of benzene rings is 1. The van der Waals surface area contributed by atoms with Crippen LogP contribution in [0.15, 0.2) is 35.4 Å². The highest BCUT2D eigenvalue weighted by Crippen LogP contribution is 2.20. The van der Waals surface area contributed by atoms with E-state index in [1.54, 1.807) is 6.21 Å². The van der Waals surface area contributed by atoms with Crippen LogP contribution in [0.5, 0.6) is 5.88 Å². The van der Waals surface area contributed by atoms with E-state index < -0.39 is 0 Å². The van der Waals surface area contributed by atoms with Gasteiger partial charge in [0.1, 0.15) is 12.4 Å². The monoisotopic (exact) mass is 412 g/mol. The van der Waals surface area contributed by atoms with Crippen molar-refractivity contribution < 1.29 is 9.47 Å². The van der Waals surface area contributed by atoms with Gasteiger partial charge in [0.15, 0.2) is 0 Å². The molecule has 0 saturated carbocycles. The van der Waals surface area contributed by atoms with Crippen molar-refractivity contribution in [2.45, 2.75) is 20.8 Å². The number of aryl methyl sites for hydroxylation is 1. The summed E-state index contributed by atoms with van der Waals surface area (Å²) in [6, 6.07) is 10.0. The molecular weight excluding hydrogens is 380 g/mol. The van der Waals surface area contributed by atoms with Crippen molar-refractivity contribution in [2.75, 3.05) is 62.9 Å². The maximum absolute atomic E-state index is 5.96. The molecule has 8 nitrogen and oxygen atoms in total. The van der Waals surface area contributed by atoms with Crippen LogP contribution in [0.1, 0.15) is 25.0 Å². The molecule has 1 saturated heterocycles. The summed E-state index contributed by atoms with van der Waals surface area (Å²) < 4.78 is 11.3. The molecule has 1 fully saturated rings. The minimum absolute atomic E-state index is 0.421. The van der Waals surface area contributed by atoms with Crippen LogP contribution in [0.2, 0.25) is 0 Å². The molecule has 1 N–H and O–H groups in total. The fraction of sp³-hybridized carbons (Fsp3) is 0.500.